The summed E-state index contributed by atoms with van der Waals surface area (Å²) in [6.07, 6.45) is 0.664. The van der Waals surface area contributed by atoms with Crippen molar-refractivity contribution in [3.05, 3.63) is 58.6 Å². The highest BCUT2D eigenvalue weighted by atomic mass is 16.6. The highest BCUT2D eigenvalue weighted by Crippen LogP contribution is 2.25. The zero-order chi connectivity index (χ0) is 24.7. The van der Waals surface area contributed by atoms with Crippen molar-refractivity contribution in [1.82, 2.24) is 9.88 Å². The van der Waals surface area contributed by atoms with Crippen molar-refractivity contribution < 1.29 is 18.7 Å². The molecule has 0 aliphatic carbocycles. The summed E-state index contributed by atoms with van der Waals surface area (Å²) >= 11 is 0. The van der Waals surface area contributed by atoms with E-state index in [1.807, 2.05) is 43.3 Å². The van der Waals surface area contributed by atoms with Crippen molar-refractivity contribution in [2.24, 2.45) is 0 Å². The van der Waals surface area contributed by atoms with Gasteiger partial charge >= 0.3 is 11.8 Å². The molecule has 1 amide bonds. The number of aromatic nitrogens is 1. The highest BCUT2D eigenvalue weighted by Gasteiger charge is 2.19. The molecule has 0 radical (unpaired) electrons. The number of hydrogen-bond acceptors (Lipinski definition) is 6. The number of nitrogens with zero attached hydrogens (tertiary/aromatic N) is 2. The number of hydrogen-bond donors (Lipinski definition) is 1. The molecule has 8 heteroatoms. The first-order valence-electron chi connectivity index (χ1n) is 11.4. The number of rotatable bonds is 9. The molecule has 1 heterocycles. The molecule has 0 saturated carbocycles. The van der Waals surface area contributed by atoms with Gasteiger partial charge in [0.15, 0.2) is 5.58 Å². The second-order valence-corrected chi connectivity index (χ2v) is 9.04. The molecule has 0 spiro atoms. The fraction of sp³-hybridized carbons (Fsp3) is 0.423. The minimum Gasteiger partial charge on any atom is -0.444 e. The topological polar surface area (TPSA) is 106 Å². The molecular weight excluding hydrogens is 434 g/mol. The van der Waals surface area contributed by atoms with Crippen LogP contribution < -0.4 is 11.1 Å². The summed E-state index contributed by atoms with van der Waals surface area (Å²) in [6, 6.07) is 14.8. The minimum absolute atomic E-state index is 0.355. The van der Waals surface area contributed by atoms with E-state index in [1.165, 1.54) is 0 Å². The SMILES string of the molecule is CCCOCCn1c(=O)oc2ccc(-c3ccc(C[C@@H](C#N)NC(=O)OC(C)(C)C)cc3)cc21. The van der Waals surface area contributed by atoms with Gasteiger partial charge in [0, 0.05) is 13.0 Å². The van der Waals surface area contributed by atoms with Gasteiger partial charge in [0.2, 0.25) is 0 Å². The van der Waals surface area contributed by atoms with Crippen LogP contribution in [-0.4, -0.2) is 35.5 Å². The summed E-state index contributed by atoms with van der Waals surface area (Å²) in [5.41, 5.74) is 3.42. The molecule has 0 aliphatic rings. The Morgan fingerprint density at radius 1 is 1.15 bits per heavy atom. The monoisotopic (exact) mass is 465 g/mol. The van der Waals surface area contributed by atoms with Crippen molar-refractivity contribution in [2.75, 3.05) is 13.2 Å². The number of oxazole rings is 1. The molecule has 8 nitrogen and oxygen atoms in total. The van der Waals surface area contributed by atoms with Gasteiger partial charge in [-0.3, -0.25) is 4.57 Å². The van der Waals surface area contributed by atoms with Crippen molar-refractivity contribution in [1.29, 1.82) is 5.26 Å². The maximum Gasteiger partial charge on any atom is 0.420 e. The van der Waals surface area contributed by atoms with E-state index in [1.54, 1.807) is 31.4 Å². The van der Waals surface area contributed by atoms with Gasteiger partial charge in [-0.15, -0.1) is 0 Å². The van der Waals surface area contributed by atoms with E-state index in [0.717, 1.165) is 28.6 Å². The number of nitriles is 1. The van der Waals surface area contributed by atoms with Crippen LogP contribution in [0.25, 0.3) is 22.2 Å². The van der Waals surface area contributed by atoms with Gasteiger partial charge in [0.25, 0.3) is 0 Å². The van der Waals surface area contributed by atoms with E-state index in [-0.39, 0.29) is 0 Å². The summed E-state index contributed by atoms with van der Waals surface area (Å²) < 4.78 is 17.7. The van der Waals surface area contributed by atoms with Gasteiger partial charge in [0.05, 0.1) is 24.7 Å². The van der Waals surface area contributed by atoms with Gasteiger partial charge in [-0.25, -0.2) is 9.59 Å². The molecule has 1 N–H and O–H groups in total. The highest BCUT2D eigenvalue weighted by molar-refractivity contribution is 5.80. The normalized spacial score (nSPS) is 12.3. The first-order chi connectivity index (χ1) is 16.2. The van der Waals surface area contributed by atoms with Crippen LogP contribution in [0.2, 0.25) is 0 Å². The lowest BCUT2D eigenvalue weighted by Crippen LogP contribution is -2.39. The molecule has 1 aromatic heterocycles. The number of carbonyl (C=O) groups excluding carboxylic acids is 1. The number of alkyl carbamates (subject to hydrolysis) is 1. The molecule has 3 rings (SSSR count). The first kappa shape index (κ1) is 25.1. The lowest BCUT2D eigenvalue weighted by Gasteiger charge is -2.21. The summed E-state index contributed by atoms with van der Waals surface area (Å²) in [5.74, 6) is -0.400. The quantitative estimate of drug-likeness (QED) is 0.461. The van der Waals surface area contributed by atoms with E-state index in [4.69, 9.17) is 13.9 Å². The predicted molar refractivity (Wildman–Crippen MR) is 129 cm³/mol. The van der Waals surface area contributed by atoms with Crippen molar-refractivity contribution >= 4 is 17.2 Å². The third-order valence-corrected chi connectivity index (χ3v) is 5.05. The first-order valence-corrected chi connectivity index (χ1v) is 11.4. The van der Waals surface area contributed by atoms with Crippen LogP contribution in [-0.2, 0) is 22.4 Å². The number of fused-ring (bicyclic) bond motifs is 1. The number of nitrogens with one attached hydrogen (secondary N) is 1. The Hall–Kier alpha value is -3.57. The number of carbonyl (C=O) groups is 1. The molecule has 0 bridgehead atoms. The number of benzene rings is 2. The van der Waals surface area contributed by atoms with Gasteiger partial charge < -0.3 is 19.2 Å². The third-order valence-electron chi connectivity index (χ3n) is 5.05. The molecule has 0 fully saturated rings. The Balaban J connectivity index is 1.72. The molecule has 0 aliphatic heterocycles. The molecule has 1 atom stereocenters. The second kappa shape index (κ2) is 11.0. The Morgan fingerprint density at radius 2 is 1.85 bits per heavy atom. The maximum absolute atomic E-state index is 12.3. The van der Waals surface area contributed by atoms with E-state index < -0.39 is 23.5 Å². The van der Waals surface area contributed by atoms with Crippen LogP contribution in [0.5, 0.6) is 0 Å². The van der Waals surface area contributed by atoms with E-state index >= 15 is 0 Å². The third kappa shape index (κ3) is 6.72. The molecule has 34 heavy (non-hydrogen) atoms. The Kier molecular flexibility index (Phi) is 8.13. The molecule has 180 valence electrons. The van der Waals surface area contributed by atoms with Crippen LogP contribution in [0.3, 0.4) is 0 Å². The Morgan fingerprint density at radius 3 is 2.50 bits per heavy atom. The summed E-state index contributed by atoms with van der Waals surface area (Å²) in [5, 5.41) is 12.0. The van der Waals surface area contributed by atoms with Crippen LogP contribution in [0.1, 0.15) is 39.7 Å². The smallest absolute Gasteiger partial charge is 0.420 e. The van der Waals surface area contributed by atoms with Crippen LogP contribution in [0.15, 0.2) is 51.7 Å². The lowest BCUT2D eigenvalue weighted by molar-refractivity contribution is 0.0516. The van der Waals surface area contributed by atoms with Crippen molar-refractivity contribution in [2.45, 2.75) is 58.7 Å². The zero-order valence-corrected chi connectivity index (χ0v) is 20.1. The van der Waals surface area contributed by atoms with Crippen molar-refractivity contribution in [3.8, 4) is 17.2 Å². The second-order valence-electron chi connectivity index (χ2n) is 9.04. The van der Waals surface area contributed by atoms with Crippen molar-refractivity contribution in [3.63, 3.8) is 0 Å². The molecule has 0 saturated heterocycles. The standard InChI is InChI=1S/C26H31N3O5/c1-5-13-32-14-12-29-22-16-20(10-11-23(22)33-25(29)31)19-8-6-18(7-9-19)15-21(17-27)28-24(30)34-26(2,3)4/h6-11,16,21H,5,12-15H2,1-4H3,(H,28,30)/t21-/m0/s1. The maximum atomic E-state index is 12.3. The van der Waals surface area contributed by atoms with Crippen LogP contribution in [0.4, 0.5) is 4.79 Å². The van der Waals surface area contributed by atoms with E-state index in [0.29, 0.717) is 31.8 Å². The Bertz CT molecular complexity index is 1210. The predicted octanol–water partition coefficient (Wildman–Crippen LogP) is 4.65. The van der Waals surface area contributed by atoms with Gasteiger partial charge in [-0.2, -0.15) is 5.26 Å². The number of amides is 1. The fourth-order valence-corrected chi connectivity index (χ4v) is 3.50. The van der Waals surface area contributed by atoms with Crippen LogP contribution >= 0.6 is 0 Å². The van der Waals surface area contributed by atoms with Crippen LogP contribution in [0, 0.1) is 11.3 Å². The molecule has 2 aromatic carbocycles. The zero-order valence-electron chi connectivity index (χ0n) is 20.1. The lowest BCUT2D eigenvalue weighted by atomic mass is 10.0. The average molecular weight is 466 g/mol. The summed E-state index contributed by atoms with van der Waals surface area (Å²) in [6.45, 7) is 8.87. The number of ether oxygens (including phenoxy) is 2. The summed E-state index contributed by atoms with van der Waals surface area (Å²) in [7, 11) is 0. The minimum atomic E-state index is -0.702. The molecule has 3 aromatic rings. The molecule has 0 unspecified atom stereocenters. The average Bonchev–Trinajstić information content (AvgIpc) is 3.09. The Labute approximate surface area is 199 Å². The fourth-order valence-electron chi connectivity index (χ4n) is 3.50. The van der Waals surface area contributed by atoms with Gasteiger partial charge in [0.1, 0.15) is 11.6 Å². The van der Waals surface area contributed by atoms with E-state index in [9.17, 15) is 14.9 Å². The van der Waals surface area contributed by atoms with E-state index in [2.05, 4.69) is 11.4 Å². The summed E-state index contributed by atoms with van der Waals surface area (Å²) in [4.78, 5) is 24.2. The van der Waals surface area contributed by atoms with Gasteiger partial charge in [-0.1, -0.05) is 37.3 Å². The largest absolute Gasteiger partial charge is 0.444 e. The molecular formula is C26H31N3O5. The van der Waals surface area contributed by atoms with Gasteiger partial charge in [-0.05, 0) is 56.0 Å².